The molecule has 0 saturated heterocycles. The van der Waals surface area contributed by atoms with E-state index >= 15 is 0 Å². The summed E-state index contributed by atoms with van der Waals surface area (Å²) in [5.41, 5.74) is 10.3. The van der Waals surface area contributed by atoms with Gasteiger partial charge in [0.1, 0.15) is 0 Å². The molecule has 2 aromatic heterocycles. The van der Waals surface area contributed by atoms with Gasteiger partial charge in [-0.05, 0) is 106 Å². The van der Waals surface area contributed by atoms with Crippen LogP contribution in [0.4, 0.5) is 0 Å². The van der Waals surface area contributed by atoms with Crippen molar-refractivity contribution in [2.45, 2.75) is 0 Å². The standard InChI is InChI=1S/C58H34S2/c1-2-16-35(17-3-1)53-38-19-4-6-21-40(38)54(41-22-7-5-20-39(41)53)36-32-33-51-49(34-36)57-47(28-15-31-52(57)59-51)55-42-23-8-10-25-44(42)56(45-26-11-9-24-43(45)55)48-29-14-27-46-37-18-12-13-30-50(37)60-58(46)48/h1-34H. The summed E-state index contributed by atoms with van der Waals surface area (Å²) < 4.78 is 5.28. The van der Waals surface area contributed by atoms with Crippen molar-refractivity contribution in [1.29, 1.82) is 0 Å². The average Bonchev–Trinajstić information content (AvgIpc) is 3.89. The van der Waals surface area contributed by atoms with Crippen LogP contribution in [0.3, 0.4) is 0 Å². The lowest BCUT2D eigenvalue weighted by Crippen LogP contribution is -1.91. The highest BCUT2D eigenvalue weighted by atomic mass is 32.1. The highest BCUT2D eigenvalue weighted by Crippen LogP contribution is 2.51. The Bertz CT molecular complexity index is 3770. The maximum absolute atomic E-state index is 2.48. The lowest BCUT2D eigenvalue weighted by molar-refractivity contribution is 1.66. The van der Waals surface area contributed by atoms with Gasteiger partial charge in [0.15, 0.2) is 0 Å². The van der Waals surface area contributed by atoms with Crippen molar-refractivity contribution >= 4 is 106 Å². The summed E-state index contributed by atoms with van der Waals surface area (Å²) in [6.45, 7) is 0. The van der Waals surface area contributed by atoms with E-state index in [1.165, 1.54) is 128 Å². The quantitative estimate of drug-likeness (QED) is 0.156. The first-order valence-electron chi connectivity index (χ1n) is 20.6. The number of hydrogen-bond acceptors (Lipinski definition) is 2. The fourth-order valence-electron chi connectivity index (χ4n) is 10.2. The first-order chi connectivity index (χ1) is 29.8. The van der Waals surface area contributed by atoms with Gasteiger partial charge in [-0.1, -0.05) is 182 Å². The first-order valence-corrected chi connectivity index (χ1v) is 22.2. The van der Waals surface area contributed by atoms with E-state index in [1.807, 2.05) is 22.7 Å². The Kier molecular flexibility index (Phi) is 7.45. The highest BCUT2D eigenvalue weighted by molar-refractivity contribution is 7.26. The summed E-state index contributed by atoms with van der Waals surface area (Å²) in [5.74, 6) is 0. The van der Waals surface area contributed by atoms with Gasteiger partial charge in [0.25, 0.3) is 0 Å². The van der Waals surface area contributed by atoms with Gasteiger partial charge in [-0.25, -0.2) is 0 Å². The number of thiophene rings is 2. The van der Waals surface area contributed by atoms with E-state index in [-0.39, 0.29) is 0 Å². The largest absolute Gasteiger partial charge is 0.135 e. The molecule has 278 valence electrons. The molecule has 2 heteroatoms. The van der Waals surface area contributed by atoms with Crippen LogP contribution in [0.25, 0.3) is 128 Å². The Morgan fingerprint density at radius 2 is 0.667 bits per heavy atom. The van der Waals surface area contributed by atoms with Gasteiger partial charge in [0, 0.05) is 45.9 Å². The first kappa shape index (κ1) is 33.8. The van der Waals surface area contributed by atoms with Crippen LogP contribution in [0, 0.1) is 0 Å². The second kappa shape index (κ2) is 13.2. The summed E-state index contributed by atoms with van der Waals surface area (Å²) in [5, 5.41) is 15.5. The summed E-state index contributed by atoms with van der Waals surface area (Å²) in [7, 11) is 0. The third kappa shape index (κ3) is 4.90. The lowest BCUT2D eigenvalue weighted by atomic mass is 9.84. The molecule has 0 aliphatic rings. The van der Waals surface area contributed by atoms with Gasteiger partial charge in [-0.3, -0.25) is 0 Å². The molecule has 0 aliphatic carbocycles. The van der Waals surface area contributed by atoms with Crippen molar-refractivity contribution in [3.63, 3.8) is 0 Å². The van der Waals surface area contributed by atoms with E-state index in [2.05, 4.69) is 206 Å². The van der Waals surface area contributed by atoms with Crippen LogP contribution in [0.1, 0.15) is 0 Å². The van der Waals surface area contributed by atoms with E-state index in [4.69, 9.17) is 0 Å². The molecule has 11 aromatic carbocycles. The van der Waals surface area contributed by atoms with Gasteiger partial charge in [0.05, 0.1) is 0 Å². The maximum atomic E-state index is 2.48. The van der Waals surface area contributed by atoms with Crippen LogP contribution in [-0.4, -0.2) is 0 Å². The maximum Gasteiger partial charge on any atom is 0.0434 e. The molecule has 13 rings (SSSR count). The minimum Gasteiger partial charge on any atom is -0.135 e. The average molecular weight is 795 g/mol. The number of benzene rings is 11. The molecule has 2 heterocycles. The second-order valence-electron chi connectivity index (χ2n) is 15.8. The predicted octanol–water partition coefficient (Wildman–Crippen LogP) is 17.7. The van der Waals surface area contributed by atoms with Gasteiger partial charge < -0.3 is 0 Å². The molecule has 0 nitrogen and oxygen atoms in total. The molecule has 0 radical (unpaired) electrons. The molecular weight excluding hydrogens is 761 g/mol. The Morgan fingerprint density at radius 1 is 0.233 bits per heavy atom. The zero-order chi connectivity index (χ0) is 39.3. The number of fused-ring (bicyclic) bond motifs is 10. The molecule has 60 heavy (non-hydrogen) atoms. The molecular formula is C58H34S2. The lowest BCUT2D eigenvalue weighted by Gasteiger charge is -2.19. The smallest absolute Gasteiger partial charge is 0.0434 e. The van der Waals surface area contributed by atoms with Crippen molar-refractivity contribution in [3.05, 3.63) is 206 Å². The van der Waals surface area contributed by atoms with Gasteiger partial charge in [-0.15, -0.1) is 22.7 Å². The summed E-state index contributed by atoms with van der Waals surface area (Å²) in [6, 6.07) is 76.8. The third-order valence-electron chi connectivity index (χ3n) is 12.7. The summed E-state index contributed by atoms with van der Waals surface area (Å²) >= 11 is 3.80. The van der Waals surface area contributed by atoms with Crippen molar-refractivity contribution in [3.8, 4) is 44.5 Å². The third-order valence-corrected chi connectivity index (χ3v) is 15.0. The van der Waals surface area contributed by atoms with Crippen LogP contribution in [0.2, 0.25) is 0 Å². The molecule has 0 atom stereocenters. The predicted molar refractivity (Wildman–Crippen MR) is 264 cm³/mol. The molecule has 13 aromatic rings. The van der Waals surface area contributed by atoms with Crippen molar-refractivity contribution in [2.75, 3.05) is 0 Å². The highest BCUT2D eigenvalue weighted by Gasteiger charge is 2.23. The molecule has 0 fully saturated rings. The molecule has 0 spiro atoms. The Hall–Kier alpha value is -7.10. The monoisotopic (exact) mass is 794 g/mol. The van der Waals surface area contributed by atoms with Crippen molar-refractivity contribution < 1.29 is 0 Å². The van der Waals surface area contributed by atoms with Crippen LogP contribution < -0.4 is 0 Å². The minimum atomic E-state index is 1.24. The SMILES string of the molecule is c1ccc(-c2c3ccccc3c(-c3ccc4sc5cccc(-c6c7ccccc7c(-c7cccc8c7sc7ccccc78)c7ccccc67)c5c4c3)c3ccccc23)cc1. The van der Waals surface area contributed by atoms with Gasteiger partial charge in [-0.2, -0.15) is 0 Å². The molecule has 0 aliphatic heterocycles. The Labute approximate surface area is 354 Å². The molecule has 0 saturated carbocycles. The summed E-state index contributed by atoms with van der Waals surface area (Å²) in [4.78, 5) is 0. The molecule has 0 bridgehead atoms. The Morgan fingerprint density at radius 3 is 1.28 bits per heavy atom. The Balaban J connectivity index is 1.10. The molecule has 0 unspecified atom stereocenters. The van der Waals surface area contributed by atoms with E-state index in [0.717, 1.165) is 0 Å². The van der Waals surface area contributed by atoms with Crippen LogP contribution in [0.5, 0.6) is 0 Å². The van der Waals surface area contributed by atoms with Crippen LogP contribution in [-0.2, 0) is 0 Å². The molecule has 0 N–H and O–H groups in total. The number of hydrogen-bond donors (Lipinski definition) is 0. The second-order valence-corrected chi connectivity index (χ2v) is 18.0. The normalized spacial score (nSPS) is 12.0. The number of rotatable bonds is 4. The van der Waals surface area contributed by atoms with Crippen LogP contribution in [0.15, 0.2) is 206 Å². The van der Waals surface area contributed by atoms with Crippen molar-refractivity contribution in [2.24, 2.45) is 0 Å². The van der Waals surface area contributed by atoms with Gasteiger partial charge in [0.2, 0.25) is 0 Å². The fraction of sp³-hybridized carbons (Fsp3) is 0. The topological polar surface area (TPSA) is 0 Å². The zero-order valence-electron chi connectivity index (χ0n) is 32.4. The minimum absolute atomic E-state index is 1.24. The van der Waals surface area contributed by atoms with Gasteiger partial charge >= 0.3 is 0 Å². The zero-order valence-corrected chi connectivity index (χ0v) is 34.1. The summed E-state index contributed by atoms with van der Waals surface area (Å²) in [6.07, 6.45) is 0. The van der Waals surface area contributed by atoms with E-state index in [9.17, 15) is 0 Å². The van der Waals surface area contributed by atoms with E-state index < -0.39 is 0 Å². The van der Waals surface area contributed by atoms with E-state index in [1.54, 1.807) is 0 Å². The molecule has 0 amide bonds. The van der Waals surface area contributed by atoms with Crippen LogP contribution >= 0.6 is 22.7 Å². The van der Waals surface area contributed by atoms with Crippen molar-refractivity contribution in [1.82, 2.24) is 0 Å². The van der Waals surface area contributed by atoms with E-state index in [0.29, 0.717) is 0 Å². The fourth-order valence-corrected chi connectivity index (χ4v) is 12.5.